The van der Waals surface area contributed by atoms with Gasteiger partial charge in [-0.2, -0.15) is 0 Å². The summed E-state index contributed by atoms with van der Waals surface area (Å²) in [5.74, 6) is -0.104. The maximum Gasteiger partial charge on any atom is 0.345 e. The number of nitrogens with zero attached hydrogens (tertiary/aromatic N) is 2. The van der Waals surface area contributed by atoms with Gasteiger partial charge in [-0.15, -0.1) is 0 Å². The molecular formula is C45H81N6O6+. The number of ether oxygens (including phenoxy) is 2. The number of allylic oxidation sites excluding steroid dienone is 2. The zero-order chi connectivity index (χ0) is 40.9. The van der Waals surface area contributed by atoms with Crippen LogP contribution in [0.1, 0.15) is 174 Å². The Balaban J connectivity index is 1.08. The van der Waals surface area contributed by atoms with Crippen molar-refractivity contribution < 1.29 is 34.2 Å². The molecular weight excluding hydrogens is 721 g/mol. The monoisotopic (exact) mass is 802 g/mol. The van der Waals surface area contributed by atoms with Crippen LogP contribution in [-0.4, -0.2) is 102 Å². The minimum atomic E-state index is -0.567. The Hall–Kier alpha value is -2.19. The Morgan fingerprint density at radius 1 is 0.982 bits per heavy atom. The smallest absolute Gasteiger partial charge is 0.345 e. The van der Waals surface area contributed by atoms with Crippen LogP contribution < -0.4 is 21.7 Å². The lowest BCUT2D eigenvalue weighted by Crippen LogP contribution is -3.20. The third-order valence-corrected chi connectivity index (χ3v) is 12.4. The van der Waals surface area contributed by atoms with Crippen molar-refractivity contribution in [1.29, 1.82) is 0 Å². The van der Waals surface area contributed by atoms with Gasteiger partial charge < -0.3 is 36.1 Å². The van der Waals surface area contributed by atoms with Crippen LogP contribution in [0.2, 0.25) is 0 Å². The summed E-state index contributed by atoms with van der Waals surface area (Å²) in [6.07, 6.45) is 28.0. The zero-order valence-electron chi connectivity index (χ0n) is 35.8. The number of carbonyl (C=O) groups excluding carboxylic acids is 2. The van der Waals surface area contributed by atoms with Crippen molar-refractivity contribution in [2.75, 3.05) is 32.8 Å². The fourth-order valence-electron chi connectivity index (χ4n) is 9.29. The molecule has 4 rings (SSSR count). The summed E-state index contributed by atoms with van der Waals surface area (Å²) in [5, 5.41) is 23.9. The number of rotatable bonds is 29. The Morgan fingerprint density at radius 3 is 2.32 bits per heavy atom. The van der Waals surface area contributed by atoms with Gasteiger partial charge in [0.1, 0.15) is 17.0 Å². The van der Waals surface area contributed by atoms with E-state index >= 15 is 0 Å². The van der Waals surface area contributed by atoms with Gasteiger partial charge in [-0.1, -0.05) is 89.7 Å². The summed E-state index contributed by atoms with van der Waals surface area (Å²) in [5.41, 5.74) is 13.5. The van der Waals surface area contributed by atoms with Gasteiger partial charge in [0.05, 0.1) is 36.7 Å². The third-order valence-electron chi connectivity index (χ3n) is 12.4. The fourth-order valence-corrected chi connectivity index (χ4v) is 9.29. The van der Waals surface area contributed by atoms with Gasteiger partial charge in [0.25, 0.3) is 0 Å². The lowest BCUT2D eigenvalue weighted by atomic mass is 9.93. The highest BCUT2D eigenvalue weighted by atomic mass is 16.5. The van der Waals surface area contributed by atoms with E-state index in [1.54, 1.807) is 4.90 Å². The van der Waals surface area contributed by atoms with E-state index in [0.717, 1.165) is 101 Å². The Kier molecular flexibility index (Phi) is 21.8. The number of aliphatic hydroxyl groups is 2. The van der Waals surface area contributed by atoms with Crippen LogP contribution in [0.25, 0.3) is 0 Å². The van der Waals surface area contributed by atoms with Gasteiger partial charge >= 0.3 is 5.97 Å². The highest BCUT2D eigenvalue weighted by molar-refractivity contribution is 6.20. The molecule has 0 aromatic carbocycles. The highest BCUT2D eigenvalue weighted by Gasteiger charge is 2.55. The van der Waals surface area contributed by atoms with Crippen molar-refractivity contribution in [1.82, 2.24) is 10.2 Å². The number of nitrogens with one attached hydrogen (secondary N) is 2. The van der Waals surface area contributed by atoms with Crippen molar-refractivity contribution >= 4 is 17.6 Å². The molecule has 4 heterocycles. The fraction of sp³-hybridized carbons (Fsp3) is 0.844. The van der Waals surface area contributed by atoms with Crippen molar-refractivity contribution in [2.24, 2.45) is 16.5 Å². The molecule has 0 radical (unpaired) electrons. The van der Waals surface area contributed by atoms with Crippen LogP contribution in [-0.2, 0) is 19.1 Å². The first kappa shape index (κ1) is 47.5. The van der Waals surface area contributed by atoms with Crippen LogP contribution in [0, 0.1) is 0 Å². The molecule has 1 spiro atoms. The number of aliphatic hydroxyl groups excluding tert-OH is 2. The van der Waals surface area contributed by atoms with E-state index < -0.39 is 11.8 Å². The van der Waals surface area contributed by atoms with Crippen molar-refractivity contribution in [3.8, 4) is 0 Å². The Labute approximate surface area is 344 Å². The van der Waals surface area contributed by atoms with Crippen LogP contribution in [0.15, 0.2) is 28.4 Å². The first-order valence-electron chi connectivity index (χ1n) is 23.2. The van der Waals surface area contributed by atoms with Gasteiger partial charge in [0, 0.05) is 38.8 Å². The number of nitrogens with two attached hydrogens (primary N) is 2. The van der Waals surface area contributed by atoms with E-state index in [1.165, 1.54) is 49.8 Å². The topological polar surface area (TPSA) is 177 Å². The highest BCUT2D eigenvalue weighted by Crippen LogP contribution is 2.35. The summed E-state index contributed by atoms with van der Waals surface area (Å²) in [6.45, 7) is 6.34. The maximum absolute atomic E-state index is 13.8. The molecule has 0 bridgehead atoms. The average Bonchev–Trinajstić information content (AvgIpc) is 3.50. The van der Waals surface area contributed by atoms with Gasteiger partial charge in [-0.05, 0) is 84.2 Å². The van der Waals surface area contributed by atoms with Crippen LogP contribution in [0.4, 0.5) is 0 Å². The van der Waals surface area contributed by atoms with Crippen LogP contribution in [0.3, 0.4) is 0 Å². The second kappa shape index (κ2) is 26.1. The largest absolute Gasteiger partial charge is 0.462 e. The molecule has 0 saturated carbocycles. The molecule has 12 nitrogen and oxygen atoms in total. The van der Waals surface area contributed by atoms with E-state index in [2.05, 4.69) is 24.4 Å². The van der Waals surface area contributed by atoms with Crippen LogP contribution in [0.5, 0.6) is 0 Å². The molecule has 0 aromatic heterocycles. The van der Waals surface area contributed by atoms with Crippen molar-refractivity contribution in [3.63, 3.8) is 0 Å². The molecule has 2 fully saturated rings. The molecule has 4 aliphatic heterocycles. The third kappa shape index (κ3) is 15.7. The molecule has 1 amide bonds. The predicted octanol–water partition coefficient (Wildman–Crippen LogP) is 5.30. The molecule has 0 aromatic rings. The lowest BCUT2D eigenvalue weighted by molar-refractivity contribution is -0.916. The predicted molar refractivity (Wildman–Crippen MR) is 227 cm³/mol. The van der Waals surface area contributed by atoms with Gasteiger partial charge in [0.2, 0.25) is 12.2 Å². The second-order valence-corrected chi connectivity index (χ2v) is 17.3. The van der Waals surface area contributed by atoms with Gasteiger partial charge in [-0.3, -0.25) is 9.69 Å². The van der Waals surface area contributed by atoms with Crippen LogP contribution >= 0.6 is 0 Å². The minimum Gasteiger partial charge on any atom is -0.462 e. The molecule has 57 heavy (non-hydrogen) atoms. The van der Waals surface area contributed by atoms with Gasteiger partial charge in [-0.25, -0.2) is 15.1 Å². The van der Waals surface area contributed by atoms with Crippen molar-refractivity contribution in [3.05, 3.63) is 23.4 Å². The molecule has 0 aliphatic carbocycles. The number of hydrogen-bond acceptors (Lipinski definition) is 10. The first-order chi connectivity index (χ1) is 27.7. The normalized spacial score (nSPS) is 25.3. The molecule has 12 heteroatoms. The maximum atomic E-state index is 13.8. The lowest BCUT2D eigenvalue weighted by Gasteiger charge is -2.47. The quantitative estimate of drug-likeness (QED) is 0.0333. The number of carbonyl (C=O) groups is 2. The molecule has 7 unspecified atom stereocenters. The summed E-state index contributed by atoms with van der Waals surface area (Å²) >= 11 is 0. The number of quaternary nitrogens is 1. The Bertz CT molecular complexity index is 1290. The SMILES string of the molecule is CCC1C=CCCC2(CC3CCC4=C(C(=O)OCCCCCCCCCCCCCCCC(=O)N(CCCN)CC(O)CCN)C(CCCC(C)O)=NC(N2)[NH+]43)O1. The summed E-state index contributed by atoms with van der Waals surface area (Å²) in [6, 6.07) is 0.360. The zero-order valence-corrected chi connectivity index (χ0v) is 35.8. The number of amides is 1. The molecule has 326 valence electrons. The second-order valence-electron chi connectivity index (χ2n) is 17.3. The van der Waals surface area contributed by atoms with E-state index in [4.69, 9.17) is 25.9 Å². The summed E-state index contributed by atoms with van der Waals surface area (Å²) in [4.78, 5) is 34.7. The number of hydrogen-bond donors (Lipinski definition) is 6. The average molecular weight is 802 g/mol. The number of unbranched alkanes of at least 4 members (excludes halogenated alkanes) is 12. The van der Waals surface area contributed by atoms with Gasteiger partial charge in [0.15, 0.2) is 0 Å². The summed E-state index contributed by atoms with van der Waals surface area (Å²) in [7, 11) is 0. The molecule has 8 N–H and O–H groups in total. The van der Waals surface area contributed by atoms with E-state index in [-0.39, 0.29) is 30.4 Å². The minimum absolute atomic E-state index is 0.102. The molecule has 4 aliphatic rings. The van der Waals surface area contributed by atoms with E-state index in [9.17, 15) is 19.8 Å². The Morgan fingerprint density at radius 2 is 1.67 bits per heavy atom. The first-order valence-corrected chi connectivity index (χ1v) is 23.2. The number of aliphatic imine (C=N–C) groups is 1. The molecule has 2 saturated heterocycles. The van der Waals surface area contributed by atoms with E-state index in [1.807, 2.05) is 6.92 Å². The standard InChI is InChI=1S/C45H80N6O6/c1-3-38-22-16-17-28-45(57-38)33-36-25-26-40-42(39(23-19-21-35(2)52)48-44(49-45)51(36)40)43(55)56-32-18-14-12-10-8-6-4-5-7-9-11-13-15-24-41(54)50(31-20-29-46)34-37(53)27-30-47/h16,22,35-38,44,49,52-53H,3-15,17-21,23-34,46-47H2,1-2H3/p+1. The van der Waals surface area contributed by atoms with E-state index in [0.29, 0.717) is 70.1 Å². The number of esters is 1. The van der Waals surface area contributed by atoms with Crippen molar-refractivity contribution in [2.45, 2.75) is 211 Å². The summed E-state index contributed by atoms with van der Waals surface area (Å²) < 4.78 is 12.7. The molecule has 7 atom stereocenters.